The van der Waals surface area contributed by atoms with E-state index in [9.17, 15) is 36.5 Å². The summed E-state index contributed by atoms with van der Waals surface area (Å²) in [6.45, 7) is 1.62. The van der Waals surface area contributed by atoms with Crippen molar-refractivity contribution >= 4 is 52.2 Å². The van der Waals surface area contributed by atoms with E-state index in [2.05, 4.69) is 15.6 Å². The number of phenolic OH excluding ortho intramolecular Hbond substituents is 1. The van der Waals surface area contributed by atoms with Crippen molar-refractivity contribution in [2.45, 2.75) is 37.1 Å². The first-order valence-electron chi connectivity index (χ1n) is 14.7. The number of amides is 3. The number of carbonyl (C=O) groups is 3. The highest BCUT2D eigenvalue weighted by Gasteiger charge is 2.29. The van der Waals surface area contributed by atoms with Gasteiger partial charge in [-0.3, -0.25) is 27.9 Å². The summed E-state index contributed by atoms with van der Waals surface area (Å²) >= 11 is 0. The van der Waals surface area contributed by atoms with Crippen LogP contribution in [0.15, 0.2) is 106 Å². The minimum atomic E-state index is -3.68. The van der Waals surface area contributed by atoms with Crippen molar-refractivity contribution in [3.8, 4) is 5.75 Å². The Labute approximate surface area is 272 Å². The van der Waals surface area contributed by atoms with E-state index in [0.717, 1.165) is 17.0 Å². The summed E-state index contributed by atoms with van der Waals surface area (Å²) in [6, 6.07) is 19.4. The van der Waals surface area contributed by atoms with Gasteiger partial charge in [0.1, 0.15) is 23.3 Å². The van der Waals surface area contributed by atoms with Crippen LogP contribution >= 0.6 is 0 Å². The number of halogens is 2. The molecular weight excluding hydrogens is 629 g/mol. The third-order valence-electron chi connectivity index (χ3n) is 7.20. The van der Waals surface area contributed by atoms with Crippen LogP contribution in [0.1, 0.15) is 30.9 Å². The van der Waals surface area contributed by atoms with Gasteiger partial charge >= 0.3 is 7.27 Å². The van der Waals surface area contributed by atoms with Crippen LogP contribution in [-0.2, 0) is 30.6 Å². The third-order valence-corrected chi connectivity index (χ3v) is 8.68. The number of sulfone groups is 1. The first kappa shape index (κ1) is 34.8. The molecular formula is C33H33BF2N4O6S. The van der Waals surface area contributed by atoms with Crippen molar-refractivity contribution < 1.29 is 36.5 Å². The topological polar surface area (TPSA) is 145 Å². The molecule has 1 heterocycles. The van der Waals surface area contributed by atoms with E-state index >= 15 is 0 Å². The second kappa shape index (κ2) is 15.9. The second-order valence-corrected chi connectivity index (χ2v) is 12.5. The van der Waals surface area contributed by atoms with Crippen LogP contribution in [0.4, 0.5) is 8.63 Å². The Bertz CT molecular complexity index is 1800. The van der Waals surface area contributed by atoms with Gasteiger partial charge in [0.2, 0.25) is 11.8 Å². The van der Waals surface area contributed by atoms with Gasteiger partial charge in [-0.2, -0.15) is 0 Å². The molecule has 0 spiro atoms. The van der Waals surface area contributed by atoms with Crippen LogP contribution in [0.5, 0.6) is 5.75 Å². The lowest BCUT2D eigenvalue weighted by Gasteiger charge is -2.19. The molecule has 0 saturated heterocycles. The highest BCUT2D eigenvalue weighted by atomic mass is 32.2. The first-order chi connectivity index (χ1) is 22.4. The molecule has 0 saturated carbocycles. The summed E-state index contributed by atoms with van der Waals surface area (Å²) in [4.78, 5) is 44.6. The lowest BCUT2D eigenvalue weighted by Crippen LogP contribution is -2.48. The minimum Gasteiger partial charge on any atom is -0.508 e. The molecule has 3 amide bonds. The molecule has 0 fully saturated rings. The predicted octanol–water partition coefficient (Wildman–Crippen LogP) is 3.24. The molecule has 1 aliphatic rings. The zero-order valence-electron chi connectivity index (χ0n) is 25.5. The SMILES string of the molecule is CC1=N/C(=C\c2ccc(O)cc2B(F)F)C(=O)N1CCCC(=O)N[C@@H](Cc1ccccc1)C(=O)NC/C=C/S(=O)(=O)c1ccccc1. The van der Waals surface area contributed by atoms with E-state index < -0.39 is 46.3 Å². The number of hydrogen-bond acceptors (Lipinski definition) is 7. The molecule has 244 valence electrons. The van der Waals surface area contributed by atoms with Crippen molar-refractivity contribution in [2.75, 3.05) is 13.1 Å². The van der Waals surface area contributed by atoms with E-state index in [0.29, 0.717) is 5.84 Å². The molecule has 14 heteroatoms. The minimum absolute atomic E-state index is 0.0304. The normalized spacial score (nSPS) is 14.7. The molecule has 0 bridgehead atoms. The third kappa shape index (κ3) is 9.69. The van der Waals surface area contributed by atoms with Crippen molar-refractivity contribution in [3.05, 3.63) is 107 Å². The van der Waals surface area contributed by atoms with Gasteiger partial charge in [0.25, 0.3) is 5.91 Å². The summed E-state index contributed by atoms with van der Waals surface area (Å²) in [7, 11) is -6.55. The zero-order chi connectivity index (χ0) is 34.0. The summed E-state index contributed by atoms with van der Waals surface area (Å²) in [5.74, 6) is -1.45. The molecule has 10 nitrogen and oxygen atoms in total. The molecule has 4 rings (SSSR count). The van der Waals surface area contributed by atoms with Crippen LogP contribution in [-0.4, -0.2) is 68.4 Å². The molecule has 3 aromatic carbocycles. The van der Waals surface area contributed by atoms with E-state index in [4.69, 9.17) is 0 Å². The molecule has 1 atom stereocenters. The number of nitrogens with one attached hydrogen (secondary N) is 2. The maximum absolute atomic E-state index is 13.5. The maximum atomic E-state index is 13.5. The Hall–Kier alpha value is -5.11. The second-order valence-electron chi connectivity index (χ2n) is 10.6. The van der Waals surface area contributed by atoms with Gasteiger partial charge in [0.15, 0.2) is 9.84 Å². The maximum Gasteiger partial charge on any atom is 0.572 e. The van der Waals surface area contributed by atoms with Gasteiger partial charge in [-0.25, -0.2) is 13.4 Å². The molecule has 47 heavy (non-hydrogen) atoms. The Morgan fingerprint density at radius 3 is 2.40 bits per heavy atom. The number of nitrogens with zero attached hydrogens (tertiary/aromatic N) is 2. The van der Waals surface area contributed by atoms with E-state index in [1.807, 2.05) is 18.2 Å². The molecule has 1 aliphatic heterocycles. The Balaban J connectivity index is 1.34. The fourth-order valence-electron chi connectivity index (χ4n) is 4.82. The van der Waals surface area contributed by atoms with Crippen molar-refractivity contribution in [1.82, 2.24) is 15.5 Å². The highest BCUT2D eigenvalue weighted by Crippen LogP contribution is 2.20. The standard InChI is InChI=1S/C33H33BF2N4O6S/c1-23-38-30(21-25-15-16-26(41)22-28(25)34(35)36)33(44)40(23)18-8-14-31(42)39-29(20-24-10-4-2-5-11-24)32(43)37-17-9-19-47(45,46)27-12-6-3-7-13-27/h2-7,9-13,15-16,19,21-22,29,41H,8,14,17-18,20H2,1H3,(H,37,43)(H,39,42)/b19-9+,30-21-/t29-/m0/s1. The van der Waals surface area contributed by atoms with Crippen LogP contribution < -0.4 is 16.1 Å². The Kier molecular flexibility index (Phi) is 11.8. The van der Waals surface area contributed by atoms with Crippen molar-refractivity contribution in [1.29, 1.82) is 0 Å². The smallest absolute Gasteiger partial charge is 0.508 e. The summed E-state index contributed by atoms with van der Waals surface area (Å²) in [5, 5.41) is 15.9. The number of carbonyl (C=O) groups excluding carboxylic acids is 3. The van der Waals surface area contributed by atoms with Gasteiger partial charge in [0, 0.05) is 36.8 Å². The van der Waals surface area contributed by atoms with Crippen LogP contribution in [0.2, 0.25) is 0 Å². The van der Waals surface area contributed by atoms with Gasteiger partial charge in [0.05, 0.1) is 4.90 Å². The monoisotopic (exact) mass is 662 g/mol. The van der Waals surface area contributed by atoms with Gasteiger partial charge in [-0.05, 0) is 54.8 Å². The largest absolute Gasteiger partial charge is 0.572 e. The summed E-state index contributed by atoms with van der Waals surface area (Å²) in [5.41, 5.74) is 0.364. The Morgan fingerprint density at radius 1 is 1.04 bits per heavy atom. The molecule has 3 aromatic rings. The van der Waals surface area contributed by atoms with Crippen LogP contribution in [0.3, 0.4) is 0 Å². The van der Waals surface area contributed by atoms with Gasteiger partial charge in [-0.1, -0.05) is 60.7 Å². The van der Waals surface area contributed by atoms with Gasteiger partial charge in [-0.15, -0.1) is 0 Å². The first-order valence-corrected chi connectivity index (χ1v) is 16.3. The quantitative estimate of drug-likeness (QED) is 0.179. The number of benzene rings is 3. The molecule has 0 radical (unpaired) electrons. The van der Waals surface area contributed by atoms with Crippen LogP contribution in [0, 0.1) is 0 Å². The lowest BCUT2D eigenvalue weighted by molar-refractivity contribution is -0.129. The van der Waals surface area contributed by atoms with E-state index in [1.165, 1.54) is 41.3 Å². The molecule has 0 unspecified atom stereocenters. The average Bonchev–Trinajstić information content (AvgIpc) is 3.31. The highest BCUT2D eigenvalue weighted by molar-refractivity contribution is 7.94. The fraction of sp³-hybridized carbons (Fsp3) is 0.212. The zero-order valence-corrected chi connectivity index (χ0v) is 26.3. The fourth-order valence-corrected chi connectivity index (χ4v) is 5.87. The van der Waals surface area contributed by atoms with Gasteiger partial charge < -0.3 is 15.7 Å². The molecule has 0 aromatic heterocycles. The van der Waals surface area contributed by atoms with Crippen LogP contribution in [0.25, 0.3) is 6.08 Å². The molecule has 3 N–H and O–H groups in total. The lowest BCUT2D eigenvalue weighted by atomic mass is 9.81. The van der Waals surface area contributed by atoms with Crippen molar-refractivity contribution in [3.63, 3.8) is 0 Å². The van der Waals surface area contributed by atoms with E-state index in [1.54, 1.807) is 37.3 Å². The number of aromatic hydroxyl groups is 1. The molecule has 0 aliphatic carbocycles. The average molecular weight is 663 g/mol. The number of hydrogen-bond donors (Lipinski definition) is 3. The number of aliphatic imine (C=N–C) groups is 1. The number of phenols is 1. The summed E-state index contributed by atoms with van der Waals surface area (Å²) in [6.07, 6.45) is 2.93. The Morgan fingerprint density at radius 2 is 1.72 bits per heavy atom. The van der Waals surface area contributed by atoms with Crippen molar-refractivity contribution in [2.24, 2.45) is 4.99 Å². The summed E-state index contributed by atoms with van der Waals surface area (Å²) < 4.78 is 51.8. The number of amidine groups is 1. The number of rotatable bonds is 14. The van der Waals surface area contributed by atoms with E-state index in [-0.39, 0.29) is 54.3 Å². The predicted molar refractivity (Wildman–Crippen MR) is 176 cm³/mol.